The molecule has 0 unspecified atom stereocenters. The van der Waals surface area contributed by atoms with Crippen molar-refractivity contribution in [1.29, 1.82) is 0 Å². The zero-order valence-corrected chi connectivity index (χ0v) is 10.8. The summed E-state index contributed by atoms with van der Waals surface area (Å²) in [7, 11) is 0. The normalized spacial score (nSPS) is 14.6. The van der Waals surface area contributed by atoms with Gasteiger partial charge in [-0.05, 0) is 25.1 Å². The summed E-state index contributed by atoms with van der Waals surface area (Å²) in [4.78, 5) is 24.2. The Kier molecular flexibility index (Phi) is 4.33. The molecule has 0 bridgehead atoms. The van der Waals surface area contributed by atoms with E-state index in [2.05, 4.69) is 10.2 Å². The van der Waals surface area contributed by atoms with E-state index in [0.717, 1.165) is 25.0 Å². The number of carbonyl (C=O) groups is 2. The topological polar surface area (TPSA) is 88.8 Å². The molecule has 0 fully saturated rings. The summed E-state index contributed by atoms with van der Waals surface area (Å²) in [6.45, 7) is 0.698. The lowest BCUT2D eigenvalue weighted by Crippen LogP contribution is -2.14. The molecule has 1 heterocycles. The van der Waals surface area contributed by atoms with Gasteiger partial charge < -0.3 is 5.73 Å². The Labute approximate surface area is 109 Å². The molecule has 18 heavy (non-hydrogen) atoms. The second kappa shape index (κ2) is 5.97. The second-order valence-electron chi connectivity index (χ2n) is 4.06. The highest BCUT2D eigenvalue weighted by molar-refractivity contribution is 8.04. The smallest absolute Gasteiger partial charge is 0.205 e. The number of allylic oxidation sites excluding steroid dienone is 2. The number of carbonyl (C=O) groups excluding carboxylic acids is 2. The SMILES string of the molecule is NCCCCCSC1=CC(=O)c2[nH]ncc2C1=O. The van der Waals surface area contributed by atoms with Gasteiger partial charge in [0, 0.05) is 6.08 Å². The van der Waals surface area contributed by atoms with Gasteiger partial charge in [-0.15, -0.1) is 11.8 Å². The summed E-state index contributed by atoms with van der Waals surface area (Å²) in [6, 6.07) is 0. The first kappa shape index (κ1) is 13.0. The minimum atomic E-state index is -0.174. The summed E-state index contributed by atoms with van der Waals surface area (Å²) in [5, 5.41) is 6.29. The molecule has 96 valence electrons. The second-order valence-corrected chi connectivity index (χ2v) is 5.20. The summed E-state index contributed by atoms with van der Waals surface area (Å²) in [5.74, 6) is 0.548. The third kappa shape index (κ3) is 2.70. The molecule has 0 aromatic carbocycles. The van der Waals surface area contributed by atoms with Crippen LogP contribution in [0.4, 0.5) is 0 Å². The Morgan fingerprint density at radius 2 is 2.11 bits per heavy atom. The monoisotopic (exact) mass is 265 g/mol. The van der Waals surface area contributed by atoms with Crippen LogP contribution in [0, 0.1) is 0 Å². The van der Waals surface area contributed by atoms with Crippen molar-refractivity contribution in [2.45, 2.75) is 19.3 Å². The molecule has 1 aliphatic rings. The van der Waals surface area contributed by atoms with Crippen molar-refractivity contribution in [2.75, 3.05) is 12.3 Å². The first-order valence-corrected chi connectivity index (χ1v) is 6.89. The first-order chi connectivity index (χ1) is 8.74. The zero-order chi connectivity index (χ0) is 13.0. The number of fused-ring (bicyclic) bond motifs is 1. The van der Waals surface area contributed by atoms with Gasteiger partial charge >= 0.3 is 0 Å². The number of ketones is 2. The van der Waals surface area contributed by atoms with Crippen LogP contribution in [0.1, 0.15) is 40.1 Å². The fraction of sp³-hybridized carbons (Fsp3) is 0.417. The average Bonchev–Trinajstić information content (AvgIpc) is 2.84. The van der Waals surface area contributed by atoms with E-state index in [0.29, 0.717) is 22.7 Å². The third-order valence-electron chi connectivity index (χ3n) is 2.72. The van der Waals surface area contributed by atoms with Gasteiger partial charge in [0.05, 0.1) is 16.7 Å². The highest BCUT2D eigenvalue weighted by atomic mass is 32.2. The molecule has 6 heteroatoms. The quantitative estimate of drug-likeness (QED) is 0.761. The van der Waals surface area contributed by atoms with Gasteiger partial charge in [-0.25, -0.2) is 0 Å². The van der Waals surface area contributed by atoms with Crippen molar-refractivity contribution in [1.82, 2.24) is 10.2 Å². The van der Waals surface area contributed by atoms with Gasteiger partial charge in [0.1, 0.15) is 5.69 Å². The molecule has 0 spiro atoms. The van der Waals surface area contributed by atoms with Crippen LogP contribution in [0.25, 0.3) is 0 Å². The molecule has 5 nitrogen and oxygen atoms in total. The number of nitrogens with one attached hydrogen (secondary N) is 1. The molecule has 0 atom stereocenters. The molecule has 1 aromatic heterocycles. The predicted octanol–water partition coefficient (Wildman–Crippen LogP) is 1.53. The molecule has 1 aliphatic carbocycles. The van der Waals surface area contributed by atoms with E-state index >= 15 is 0 Å². The molecule has 0 radical (unpaired) electrons. The fourth-order valence-corrected chi connectivity index (χ4v) is 2.75. The fourth-order valence-electron chi connectivity index (χ4n) is 1.75. The summed E-state index contributed by atoms with van der Waals surface area (Å²) < 4.78 is 0. The van der Waals surface area contributed by atoms with E-state index in [-0.39, 0.29) is 11.6 Å². The Bertz CT molecular complexity index is 493. The standard InChI is InChI=1S/C12H15N3O2S/c13-4-2-1-3-5-18-10-6-9(16)11-8(12(10)17)7-14-15-11/h6-7H,1-5,13H2,(H,14,15). The van der Waals surface area contributed by atoms with Crippen LogP contribution in [0.15, 0.2) is 17.2 Å². The number of Topliss-reactive ketones (excluding diaryl/α,β-unsaturated/α-hetero) is 1. The maximum Gasteiger partial charge on any atom is 0.205 e. The molecule has 0 saturated heterocycles. The number of rotatable bonds is 6. The van der Waals surface area contributed by atoms with Crippen LogP contribution in [-0.2, 0) is 0 Å². The molecular weight excluding hydrogens is 250 g/mol. The summed E-state index contributed by atoms with van der Waals surface area (Å²) in [5.41, 5.74) is 6.09. The molecular formula is C12H15N3O2S. The molecule has 2 rings (SSSR count). The van der Waals surface area contributed by atoms with Crippen molar-refractivity contribution >= 4 is 23.3 Å². The number of hydrogen-bond acceptors (Lipinski definition) is 5. The highest BCUT2D eigenvalue weighted by Crippen LogP contribution is 2.27. The number of nitrogens with zero attached hydrogens (tertiary/aromatic N) is 1. The van der Waals surface area contributed by atoms with Crippen molar-refractivity contribution in [3.63, 3.8) is 0 Å². The van der Waals surface area contributed by atoms with Crippen molar-refractivity contribution in [3.05, 3.63) is 28.4 Å². The lowest BCUT2D eigenvalue weighted by molar-refractivity contribution is 0.0989. The van der Waals surface area contributed by atoms with Crippen LogP contribution in [0.5, 0.6) is 0 Å². The average molecular weight is 265 g/mol. The first-order valence-electron chi connectivity index (χ1n) is 5.91. The lowest BCUT2D eigenvalue weighted by atomic mass is 10.0. The minimum absolute atomic E-state index is 0.109. The van der Waals surface area contributed by atoms with Gasteiger partial charge in [0.2, 0.25) is 11.6 Å². The largest absolute Gasteiger partial charge is 0.330 e. The van der Waals surface area contributed by atoms with Crippen LogP contribution >= 0.6 is 11.8 Å². The van der Waals surface area contributed by atoms with Gasteiger partial charge in [-0.1, -0.05) is 6.42 Å². The van der Waals surface area contributed by atoms with Crippen LogP contribution < -0.4 is 5.73 Å². The van der Waals surface area contributed by atoms with E-state index in [9.17, 15) is 9.59 Å². The summed E-state index contributed by atoms with van der Waals surface area (Å²) in [6.07, 6.45) is 5.86. The van der Waals surface area contributed by atoms with Gasteiger partial charge in [-0.3, -0.25) is 14.7 Å². The minimum Gasteiger partial charge on any atom is -0.330 e. The molecule has 1 aromatic rings. The Morgan fingerprint density at radius 3 is 2.89 bits per heavy atom. The van der Waals surface area contributed by atoms with E-state index < -0.39 is 0 Å². The van der Waals surface area contributed by atoms with E-state index in [1.807, 2.05) is 0 Å². The Hall–Kier alpha value is -1.40. The highest BCUT2D eigenvalue weighted by Gasteiger charge is 2.27. The number of H-pyrrole nitrogens is 1. The summed E-state index contributed by atoms with van der Waals surface area (Å²) >= 11 is 1.43. The molecule has 3 N–H and O–H groups in total. The van der Waals surface area contributed by atoms with Crippen molar-refractivity contribution < 1.29 is 9.59 Å². The van der Waals surface area contributed by atoms with Crippen LogP contribution in [-0.4, -0.2) is 34.1 Å². The van der Waals surface area contributed by atoms with Gasteiger partial charge in [-0.2, -0.15) is 5.10 Å². The number of thioether (sulfide) groups is 1. The van der Waals surface area contributed by atoms with Crippen LogP contribution in [0.3, 0.4) is 0 Å². The van der Waals surface area contributed by atoms with Crippen molar-refractivity contribution in [3.8, 4) is 0 Å². The maximum atomic E-state index is 12.0. The molecule has 0 amide bonds. The number of unbranched alkanes of at least 4 members (excludes halogenated alkanes) is 2. The predicted molar refractivity (Wildman–Crippen MR) is 70.7 cm³/mol. The number of nitrogens with two attached hydrogens (primary N) is 1. The number of aromatic amines is 1. The van der Waals surface area contributed by atoms with Gasteiger partial charge in [0.25, 0.3) is 0 Å². The maximum absolute atomic E-state index is 12.0. The van der Waals surface area contributed by atoms with Gasteiger partial charge in [0.15, 0.2) is 0 Å². The number of aromatic nitrogens is 2. The third-order valence-corrected chi connectivity index (χ3v) is 3.83. The van der Waals surface area contributed by atoms with E-state index in [1.54, 1.807) is 0 Å². The van der Waals surface area contributed by atoms with Crippen LogP contribution in [0.2, 0.25) is 0 Å². The molecule has 0 aliphatic heterocycles. The van der Waals surface area contributed by atoms with Crippen molar-refractivity contribution in [2.24, 2.45) is 5.73 Å². The molecule has 0 saturated carbocycles. The van der Waals surface area contributed by atoms with E-state index in [4.69, 9.17) is 5.73 Å². The Balaban J connectivity index is 1.94. The Morgan fingerprint density at radius 1 is 1.28 bits per heavy atom. The zero-order valence-electron chi connectivity index (χ0n) is 9.94. The number of hydrogen-bond donors (Lipinski definition) is 2. The van der Waals surface area contributed by atoms with E-state index in [1.165, 1.54) is 24.0 Å². The lowest BCUT2D eigenvalue weighted by Gasteiger charge is -2.10.